The maximum absolute atomic E-state index is 12.7. The zero-order valence-electron chi connectivity index (χ0n) is 13.8. The van der Waals surface area contributed by atoms with Crippen LogP contribution in [0.1, 0.15) is 21.5 Å². The number of nitrogens with one attached hydrogen (secondary N) is 1. The van der Waals surface area contributed by atoms with Crippen molar-refractivity contribution in [1.82, 2.24) is 0 Å². The fourth-order valence-corrected chi connectivity index (χ4v) is 2.82. The second-order valence-electron chi connectivity index (χ2n) is 5.74. The Kier molecular flexibility index (Phi) is 5.51. The Balaban J connectivity index is 1.79. The minimum Gasteiger partial charge on any atom is -0.488 e. The molecule has 3 aromatic carbocycles. The van der Waals surface area contributed by atoms with Gasteiger partial charge in [-0.2, -0.15) is 0 Å². The molecule has 0 aliphatic rings. The van der Waals surface area contributed by atoms with Gasteiger partial charge in [-0.3, -0.25) is 4.79 Å². The van der Waals surface area contributed by atoms with Gasteiger partial charge < -0.3 is 10.1 Å². The van der Waals surface area contributed by atoms with Crippen molar-refractivity contribution in [2.45, 2.75) is 13.5 Å². The molecule has 0 atom stereocenters. The van der Waals surface area contributed by atoms with Crippen molar-refractivity contribution >= 4 is 27.5 Å². The number of amides is 1. The van der Waals surface area contributed by atoms with Gasteiger partial charge in [0.15, 0.2) is 0 Å². The zero-order chi connectivity index (χ0) is 17.6. The summed E-state index contributed by atoms with van der Waals surface area (Å²) in [7, 11) is 0. The number of carbonyl (C=O) groups excluding carboxylic acids is 1. The summed E-state index contributed by atoms with van der Waals surface area (Å²) in [5.41, 5.74) is 3.40. The summed E-state index contributed by atoms with van der Waals surface area (Å²) in [5.74, 6) is 0.354. The monoisotopic (exact) mass is 395 g/mol. The molecule has 0 spiro atoms. The summed E-state index contributed by atoms with van der Waals surface area (Å²) in [6, 6.07) is 23.0. The molecule has 4 heteroatoms. The van der Waals surface area contributed by atoms with Crippen LogP contribution in [0.5, 0.6) is 5.75 Å². The number of hydrogen-bond acceptors (Lipinski definition) is 2. The Hall–Kier alpha value is -2.59. The summed E-state index contributed by atoms with van der Waals surface area (Å²) in [6.07, 6.45) is 0. The van der Waals surface area contributed by atoms with Gasteiger partial charge in [0.2, 0.25) is 0 Å². The second kappa shape index (κ2) is 7.99. The molecule has 0 bridgehead atoms. The molecule has 0 aromatic heterocycles. The predicted molar refractivity (Wildman–Crippen MR) is 104 cm³/mol. The number of aryl methyl sites for hydroxylation is 1. The van der Waals surface area contributed by atoms with E-state index >= 15 is 0 Å². The van der Waals surface area contributed by atoms with Crippen LogP contribution >= 0.6 is 15.9 Å². The lowest BCUT2D eigenvalue weighted by Crippen LogP contribution is -2.14. The van der Waals surface area contributed by atoms with Gasteiger partial charge in [0, 0.05) is 10.2 Å². The topological polar surface area (TPSA) is 38.3 Å². The highest BCUT2D eigenvalue weighted by Crippen LogP contribution is 2.25. The molecule has 3 aromatic rings. The van der Waals surface area contributed by atoms with Crippen molar-refractivity contribution in [3.05, 3.63) is 94.0 Å². The molecule has 0 unspecified atom stereocenters. The Morgan fingerprint density at radius 2 is 1.80 bits per heavy atom. The number of anilines is 1. The molecule has 0 aliphatic carbocycles. The van der Waals surface area contributed by atoms with Crippen LogP contribution in [-0.4, -0.2) is 5.91 Å². The number of halogens is 1. The van der Waals surface area contributed by atoms with Gasteiger partial charge in [-0.25, -0.2) is 0 Å². The molecular weight excluding hydrogens is 378 g/mol. The van der Waals surface area contributed by atoms with E-state index in [4.69, 9.17) is 4.74 Å². The van der Waals surface area contributed by atoms with Crippen molar-refractivity contribution in [3.63, 3.8) is 0 Å². The summed E-state index contributed by atoms with van der Waals surface area (Å²) < 4.78 is 6.71. The number of benzene rings is 3. The molecule has 3 rings (SSSR count). The van der Waals surface area contributed by atoms with Crippen molar-refractivity contribution in [3.8, 4) is 5.75 Å². The smallest absolute Gasteiger partial charge is 0.259 e. The van der Waals surface area contributed by atoms with Crippen LogP contribution in [0.25, 0.3) is 0 Å². The van der Waals surface area contributed by atoms with Crippen LogP contribution in [0.15, 0.2) is 77.3 Å². The highest BCUT2D eigenvalue weighted by molar-refractivity contribution is 9.10. The van der Waals surface area contributed by atoms with Gasteiger partial charge >= 0.3 is 0 Å². The molecule has 25 heavy (non-hydrogen) atoms. The van der Waals surface area contributed by atoms with Crippen LogP contribution < -0.4 is 10.1 Å². The van der Waals surface area contributed by atoms with Crippen molar-refractivity contribution < 1.29 is 9.53 Å². The van der Waals surface area contributed by atoms with Gasteiger partial charge in [-0.15, -0.1) is 0 Å². The summed E-state index contributed by atoms with van der Waals surface area (Å²) in [5, 5.41) is 2.93. The standard InChI is InChI=1S/C21H18BrNO2/c1-15-6-5-9-18(12-15)23-21(24)19-13-17(22)10-11-20(19)25-14-16-7-3-2-4-8-16/h2-13H,14H2,1H3,(H,23,24). The fraction of sp³-hybridized carbons (Fsp3) is 0.0952. The highest BCUT2D eigenvalue weighted by Gasteiger charge is 2.14. The van der Waals surface area contributed by atoms with E-state index in [1.807, 2.05) is 67.6 Å². The third-order valence-electron chi connectivity index (χ3n) is 3.70. The van der Waals surface area contributed by atoms with E-state index in [1.54, 1.807) is 12.1 Å². The molecule has 126 valence electrons. The highest BCUT2D eigenvalue weighted by atomic mass is 79.9. The number of ether oxygens (including phenoxy) is 1. The van der Waals surface area contributed by atoms with Crippen molar-refractivity contribution in [2.75, 3.05) is 5.32 Å². The molecule has 3 nitrogen and oxygen atoms in total. The first kappa shape index (κ1) is 17.2. The molecule has 0 radical (unpaired) electrons. The Morgan fingerprint density at radius 1 is 1.00 bits per heavy atom. The van der Waals surface area contributed by atoms with E-state index in [0.717, 1.165) is 21.3 Å². The normalized spacial score (nSPS) is 10.3. The lowest BCUT2D eigenvalue weighted by molar-refractivity contribution is 0.102. The van der Waals surface area contributed by atoms with E-state index in [-0.39, 0.29) is 5.91 Å². The zero-order valence-corrected chi connectivity index (χ0v) is 15.4. The van der Waals surface area contributed by atoms with Gasteiger partial charge in [-0.05, 0) is 48.4 Å². The Bertz CT molecular complexity index is 878. The number of rotatable bonds is 5. The van der Waals surface area contributed by atoms with Crippen LogP contribution in [0.3, 0.4) is 0 Å². The minimum atomic E-state index is -0.199. The van der Waals surface area contributed by atoms with E-state index in [1.165, 1.54) is 0 Å². The molecule has 1 N–H and O–H groups in total. The molecule has 0 saturated heterocycles. The SMILES string of the molecule is Cc1cccc(NC(=O)c2cc(Br)ccc2OCc2ccccc2)c1. The largest absolute Gasteiger partial charge is 0.488 e. The van der Waals surface area contributed by atoms with E-state index in [2.05, 4.69) is 21.2 Å². The fourth-order valence-electron chi connectivity index (χ4n) is 2.46. The van der Waals surface area contributed by atoms with E-state index in [9.17, 15) is 4.79 Å². The number of carbonyl (C=O) groups is 1. The van der Waals surface area contributed by atoms with Crippen LogP contribution in [0.4, 0.5) is 5.69 Å². The first-order chi connectivity index (χ1) is 12.1. The van der Waals surface area contributed by atoms with Gasteiger partial charge in [0.25, 0.3) is 5.91 Å². The molecule has 1 amide bonds. The quantitative estimate of drug-likeness (QED) is 0.611. The van der Waals surface area contributed by atoms with Crippen LogP contribution in [-0.2, 0) is 6.61 Å². The van der Waals surface area contributed by atoms with Crippen LogP contribution in [0, 0.1) is 6.92 Å². The van der Waals surface area contributed by atoms with Crippen molar-refractivity contribution in [2.24, 2.45) is 0 Å². The average Bonchev–Trinajstić information content (AvgIpc) is 2.61. The Morgan fingerprint density at radius 3 is 2.56 bits per heavy atom. The summed E-state index contributed by atoms with van der Waals surface area (Å²) >= 11 is 3.42. The second-order valence-corrected chi connectivity index (χ2v) is 6.65. The van der Waals surface area contributed by atoms with Gasteiger partial charge in [0.1, 0.15) is 12.4 Å². The lowest BCUT2D eigenvalue weighted by Gasteiger charge is -2.13. The van der Waals surface area contributed by atoms with Crippen molar-refractivity contribution in [1.29, 1.82) is 0 Å². The third kappa shape index (κ3) is 4.70. The van der Waals surface area contributed by atoms with Crippen LogP contribution in [0.2, 0.25) is 0 Å². The third-order valence-corrected chi connectivity index (χ3v) is 4.19. The Labute approximate surface area is 155 Å². The van der Waals surface area contributed by atoms with E-state index < -0.39 is 0 Å². The van der Waals surface area contributed by atoms with Gasteiger partial charge in [-0.1, -0.05) is 58.4 Å². The first-order valence-electron chi connectivity index (χ1n) is 7.96. The molecule has 0 aliphatic heterocycles. The summed E-state index contributed by atoms with van der Waals surface area (Å²) in [4.78, 5) is 12.7. The average molecular weight is 396 g/mol. The minimum absolute atomic E-state index is 0.199. The maximum Gasteiger partial charge on any atom is 0.259 e. The lowest BCUT2D eigenvalue weighted by atomic mass is 10.1. The predicted octanol–water partition coefficient (Wildman–Crippen LogP) is 5.59. The summed E-state index contributed by atoms with van der Waals surface area (Å²) in [6.45, 7) is 2.40. The number of hydrogen-bond donors (Lipinski definition) is 1. The molecular formula is C21H18BrNO2. The molecule has 0 heterocycles. The first-order valence-corrected chi connectivity index (χ1v) is 8.75. The van der Waals surface area contributed by atoms with Gasteiger partial charge in [0.05, 0.1) is 5.56 Å². The maximum atomic E-state index is 12.7. The molecule has 0 saturated carbocycles. The van der Waals surface area contributed by atoms with E-state index in [0.29, 0.717) is 17.9 Å². The molecule has 0 fully saturated rings.